The van der Waals surface area contributed by atoms with Gasteiger partial charge in [0.05, 0.1) is 41.2 Å². The maximum Gasteiger partial charge on any atom is 0.251 e. The molecular weight excluding hydrogens is 488 g/mol. The highest BCUT2D eigenvalue weighted by atomic mass is 35.5. The van der Waals surface area contributed by atoms with Crippen LogP contribution >= 0.6 is 11.6 Å². The standard InChI is InChI=1S/C23H22ClF2N3O4S/c1-3-12-34(31,32)29(13-14-4-6-15(33-2)7-5-14)18-9-8-17(25)19(20(18)24)22-21(26)16(23(27)30)10-11-28-22/h4-11H,3,12-13H2,1-2H3,(H2,27,30). The van der Waals surface area contributed by atoms with E-state index in [1.165, 1.54) is 13.2 Å². The zero-order valence-corrected chi connectivity index (χ0v) is 20.0. The molecule has 0 bridgehead atoms. The molecule has 0 saturated heterocycles. The van der Waals surface area contributed by atoms with Gasteiger partial charge in [-0.3, -0.25) is 14.1 Å². The SMILES string of the molecule is CCCS(=O)(=O)N(Cc1ccc(OC)cc1)c1ccc(F)c(-c2nccc(C(N)=O)c2F)c1Cl. The molecule has 0 atom stereocenters. The van der Waals surface area contributed by atoms with Crippen molar-refractivity contribution in [3.8, 4) is 17.0 Å². The third kappa shape index (κ3) is 5.13. The Morgan fingerprint density at radius 2 is 1.82 bits per heavy atom. The molecule has 34 heavy (non-hydrogen) atoms. The van der Waals surface area contributed by atoms with E-state index in [4.69, 9.17) is 22.1 Å². The molecule has 0 unspecified atom stereocenters. The highest BCUT2D eigenvalue weighted by Crippen LogP contribution is 2.40. The number of halogens is 3. The van der Waals surface area contributed by atoms with E-state index >= 15 is 0 Å². The summed E-state index contributed by atoms with van der Waals surface area (Å²) < 4.78 is 62.3. The lowest BCUT2D eigenvalue weighted by atomic mass is 10.1. The van der Waals surface area contributed by atoms with Gasteiger partial charge in [0.15, 0.2) is 5.82 Å². The molecule has 0 saturated carbocycles. The Kier molecular flexibility index (Phi) is 7.73. The zero-order chi connectivity index (χ0) is 25.0. The van der Waals surface area contributed by atoms with Crippen LogP contribution < -0.4 is 14.8 Å². The number of nitrogens with two attached hydrogens (primary N) is 1. The largest absolute Gasteiger partial charge is 0.497 e. The van der Waals surface area contributed by atoms with Gasteiger partial charge in [0.1, 0.15) is 17.3 Å². The first-order valence-electron chi connectivity index (χ1n) is 10.2. The lowest BCUT2D eigenvalue weighted by Gasteiger charge is -2.26. The van der Waals surface area contributed by atoms with E-state index in [1.807, 2.05) is 0 Å². The summed E-state index contributed by atoms with van der Waals surface area (Å²) in [5.41, 5.74) is 4.20. The Labute approximate surface area is 201 Å². The van der Waals surface area contributed by atoms with Crippen molar-refractivity contribution in [2.45, 2.75) is 19.9 Å². The number of nitrogens with zero attached hydrogens (tertiary/aromatic N) is 2. The molecule has 1 heterocycles. The second-order valence-electron chi connectivity index (χ2n) is 7.31. The fraction of sp³-hybridized carbons (Fsp3) is 0.217. The van der Waals surface area contributed by atoms with Gasteiger partial charge in [0.2, 0.25) is 10.0 Å². The first kappa shape index (κ1) is 25.4. The number of benzene rings is 2. The number of sulfonamides is 1. The molecule has 0 fully saturated rings. The van der Waals surface area contributed by atoms with Crippen LogP contribution in [0.5, 0.6) is 5.75 Å². The van der Waals surface area contributed by atoms with Crippen molar-refractivity contribution in [2.24, 2.45) is 5.73 Å². The van der Waals surface area contributed by atoms with E-state index in [0.29, 0.717) is 17.7 Å². The average molecular weight is 510 g/mol. The van der Waals surface area contributed by atoms with Crippen LogP contribution in [0.2, 0.25) is 5.02 Å². The van der Waals surface area contributed by atoms with E-state index in [1.54, 1.807) is 31.2 Å². The smallest absolute Gasteiger partial charge is 0.251 e. The summed E-state index contributed by atoms with van der Waals surface area (Å²) in [4.78, 5) is 15.4. The minimum absolute atomic E-state index is 0.0620. The molecule has 0 radical (unpaired) electrons. The third-order valence-corrected chi connectivity index (χ3v) is 7.32. The number of carbonyl (C=O) groups is 1. The first-order valence-corrected chi connectivity index (χ1v) is 12.2. The fourth-order valence-electron chi connectivity index (χ4n) is 3.36. The Morgan fingerprint density at radius 1 is 1.15 bits per heavy atom. The van der Waals surface area contributed by atoms with Crippen molar-refractivity contribution >= 4 is 33.2 Å². The van der Waals surface area contributed by atoms with Gasteiger partial charge < -0.3 is 10.5 Å². The van der Waals surface area contributed by atoms with Crippen LogP contribution in [0.4, 0.5) is 14.5 Å². The first-order chi connectivity index (χ1) is 16.1. The number of hydrogen-bond acceptors (Lipinski definition) is 5. The fourth-order valence-corrected chi connectivity index (χ4v) is 5.29. The number of primary amides is 1. The van der Waals surface area contributed by atoms with Crippen molar-refractivity contribution in [1.29, 1.82) is 0 Å². The van der Waals surface area contributed by atoms with E-state index in [2.05, 4.69) is 4.98 Å². The Bertz CT molecular complexity index is 1320. The summed E-state index contributed by atoms with van der Waals surface area (Å²) >= 11 is 6.48. The van der Waals surface area contributed by atoms with E-state index in [0.717, 1.165) is 22.6 Å². The van der Waals surface area contributed by atoms with Crippen LogP contribution in [0.15, 0.2) is 48.7 Å². The van der Waals surface area contributed by atoms with Crippen LogP contribution in [-0.2, 0) is 16.6 Å². The van der Waals surface area contributed by atoms with Gasteiger partial charge in [-0.2, -0.15) is 0 Å². The van der Waals surface area contributed by atoms with Crippen molar-refractivity contribution in [3.05, 3.63) is 76.4 Å². The minimum atomic E-state index is -3.90. The lowest BCUT2D eigenvalue weighted by Crippen LogP contribution is -2.33. The summed E-state index contributed by atoms with van der Waals surface area (Å²) in [6.07, 6.45) is 1.41. The highest BCUT2D eigenvalue weighted by Gasteiger charge is 2.28. The Balaban J connectivity index is 2.19. The number of carbonyl (C=O) groups excluding carboxylic acids is 1. The molecule has 2 aromatic carbocycles. The normalized spacial score (nSPS) is 11.3. The summed E-state index contributed by atoms with van der Waals surface area (Å²) in [5, 5.41) is -0.374. The van der Waals surface area contributed by atoms with E-state index in [-0.39, 0.29) is 23.0 Å². The number of anilines is 1. The third-order valence-electron chi connectivity index (χ3n) is 5.01. The van der Waals surface area contributed by atoms with Crippen LogP contribution in [-0.4, -0.2) is 32.2 Å². The molecular formula is C23H22ClF2N3O4S. The van der Waals surface area contributed by atoms with Crippen molar-refractivity contribution < 1.29 is 26.7 Å². The molecule has 7 nitrogen and oxygen atoms in total. The highest BCUT2D eigenvalue weighted by molar-refractivity contribution is 7.92. The molecule has 0 aliphatic heterocycles. The van der Waals surface area contributed by atoms with Gasteiger partial charge in [-0.25, -0.2) is 17.2 Å². The molecule has 1 aromatic heterocycles. The Hall–Kier alpha value is -3.24. The van der Waals surface area contributed by atoms with Crippen LogP contribution in [0, 0.1) is 11.6 Å². The quantitative estimate of drug-likeness (QED) is 0.456. The molecule has 3 rings (SSSR count). The Morgan fingerprint density at radius 3 is 2.41 bits per heavy atom. The number of pyridine rings is 1. The number of rotatable bonds is 9. The van der Waals surface area contributed by atoms with Crippen molar-refractivity contribution in [2.75, 3.05) is 17.2 Å². The molecule has 0 spiro atoms. The van der Waals surface area contributed by atoms with Crippen molar-refractivity contribution in [1.82, 2.24) is 4.98 Å². The van der Waals surface area contributed by atoms with Gasteiger partial charge in [-0.15, -0.1) is 0 Å². The number of hydrogen-bond donors (Lipinski definition) is 1. The lowest BCUT2D eigenvalue weighted by molar-refractivity contribution is 0.0996. The average Bonchev–Trinajstić information content (AvgIpc) is 2.79. The second kappa shape index (κ2) is 10.4. The van der Waals surface area contributed by atoms with Gasteiger partial charge in [0.25, 0.3) is 5.91 Å². The number of methoxy groups -OCH3 is 1. The molecule has 180 valence electrons. The summed E-state index contributed by atoms with van der Waals surface area (Å²) in [6.45, 7) is 1.59. The molecule has 3 aromatic rings. The van der Waals surface area contributed by atoms with Crippen LogP contribution in [0.25, 0.3) is 11.3 Å². The van der Waals surface area contributed by atoms with Crippen molar-refractivity contribution in [3.63, 3.8) is 0 Å². The minimum Gasteiger partial charge on any atom is -0.497 e. The molecule has 1 amide bonds. The number of aromatic nitrogens is 1. The topological polar surface area (TPSA) is 103 Å². The van der Waals surface area contributed by atoms with E-state index in [9.17, 15) is 22.0 Å². The van der Waals surface area contributed by atoms with Gasteiger partial charge in [0, 0.05) is 6.20 Å². The van der Waals surface area contributed by atoms with E-state index < -0.39 is 44.4 Å². The molecule has 2 N–H and O–H groups in total. The molecule has 0 aliphatic rings. The van der Waals surface area contributed by atoms with Crippen LogP contribution in [0.1, 0.15) is 29.3 Å². The molecule has 0 aliphatic carbocycles. The van der Waals surface area contributed by atoms with Gasteiger partial charge in [-0.1, -0.05) is 30.7 Å². The monoisotopic (exact) mass is 509 g/mol. The predicted octanol–water partition coefficient (Wildman–Crippen LogP) is 4.53. The van der Waals surface area contributed by atoms with Crippen LogP contribution in [0.3, 0.4) is 0 Å². The zero-order valence-electron chi connectivity index (χ0n) is 18.4. The predicted molar refractivity (Wildman–Crippen MR) is 126 cm³/mol. The maximum absolute atomic E-state index is 14.9. The second-order valence-corrected chi connectivity index (χ2v) is 9.70. The number of ether oxygens (including phenoxy) is 1. The summed E-state index contributed by atoms with van der Waals surface area (Å²) in [6, 6.07) is 9.94. The molecule has 11 heteroatoms. The van der Waals surface area contributed by atoms with Gasteiger partial charge >= 0.3 is 0 Å². The maximum atomic E-state index is 14.9. The summed E-state index contributed by atoms with van der Waals surface area (Å²) in [7, 11) is -2.39. The number of amides is 1. The van der Waals surface area contributed by atoms with Gasteiger partial charge in [-0.05, 0) is 42.3 Å². The summed E-state index contributed by atoms with van der Waals surface area (Å²) in [5.74, 6) is -2.79.